The zero-order valence-corrected chi connectivity index (χ0v) is 15.1. The first-order valence-electron chi connectivity index (χ1n) is 8.39. The normalized spacial score (nSPS) is 30.9. The summed E-state index contributed by atoms with van der Waals surface area (Å²) < 4.78 is 0. The molecule has 3 heteroatoms. The van der Waals surface area contributed by atoms with Gasteiger partial charge in [-0.05, 0) is 63.6 Å². The van der Waals surface area contributed by atoms with Gasteiger partial charge < -0.3 is 10.6 Å². The predicted octanol–water partition coefficient (Wildman–Crippen LogP) is 4.49. The lowest BCUT2D eigenvalue weighted by Crippen LogP contribution is -2.55. The minimum atomic E-state index is 0.0358. The molecule has 1 fully saturated rings. The third kappa shape index (κ3) is 5.23. The van der Waals surface area contributed by atoms with Gasteiger partial charge in [0, 0.05) is 11.6 Å². The van der Waals surface area contributed by atoms with Gasteiger partial charge in [-0.2, -0.15) is 0 Å². The minimum Gasteiger partial charge on any atom is -0.359 e. The molecule has 20 heavy (non-hydrogen) atoms. The molecule has 0 aromatic heterocycles. The minimum absolute atomic E-state index is 0.0358. The second kappa shape index (κ2) is 7.63. The molecule has 0 aromatic rings. The summed E-state index contributed by atoms with van der Waals surface area (Å²) in [6.45, 7) is 13.5. The Bertz CT molecular complexity index is 295. The van der Waals surface area contributed by atoms with E-state index >= 15 is 0 Å². The first-order chi connectivity index (χ1) is 9.30. The van der Waals surface area contributed by atoms with E-state index in [1.54, 1.807) is 0 Å². The standard InChI is InChI=1S/C17H34N2S/c1-7-12-10-13(8-2)15(14(9-3)11-12)18-16(20)19-17(4,5)6/h12-15H,7-11H2,1-6H3,(H2,18,19,20). The van der Waals surface area contributed by atoms with E-state index in [2.05, 4.69) is 52.2 Å². The lowest BCUT2D eigenvalue weighted by atomic mass is 9.69. The zero-order valence-electron chi connectivity index (χ0n) is 14.3. The molecule has 0 heterocycles. The molecule has 0 saturated heterocycles. The highest BCUT2D eigenvalue weighted by Crippen LogP contribution is 2.38. The molecular formula is C17H34N2S. The number of nitrogens with one attached hydrogen (secondary N) is 2. The van der Waals surface area contributed by atoms with Gasteiger partial charge in [0.15, 0.2) is 5.11 Å². The van der Waals surface area contributed by atoms with Crippen molar-refractivity contribution in [2.24, 2.45) is 17.8 Å². The molecular weight excluding hydrogens is 264 g/mol. The van der Waals surface area contributed by atoms with Crippen LogP contribution in [0.5, 0.6) is 0 Å². The van der Waals surface area contributed by atoms with Crippen molar-refractivity contribution in [3.8, 4) is 0 Å². The maximum absolute atomic E-state index is 5.52. The van der Waals surface area contributed by atoms with Gasteiger partial charge in [-0.25, -0.2) is 0 Å². The summed E-state index contributed by atoms with van der Waals surface area (Å²) >= 11 is 5.52. The second-order valence-corrected chi connectivity index (χ2v) is 7.86. The Labute approximate surface area is 131 Å². The summed E-state index contributed by atoms with van der Waals surface area (Å²) in [6.07, 6.45) is 6.55. The molecule has 118 valence electrons. The Kier molecular flexibility index (Phi) is 6.77. The van der Waals surface area contributed by atoms with Gasteiger partial charge in [0.05, 0.1) is 0 Å². The summed E-state index contributed by atoms with van der Waals surface area (Å²) in [5.74, 6) is 2.43. The molecule has 1 aliphatic rings. The van der Waals surface area contributed by atoms with E-state index < -0.39 is 0 Å². The highest BCUT2D eigenvalue weighted by molar-refractivity contribution is 7.80. The van der Waals surface area contributed by atoms with Crippen LogP contribution in [0.1, 0.15) is 73.6 Å². The third-order valence-corrected chi connectivity index (χ3v) is 4.92. The number of thiocarbonyl (C=S) groups is 1. The topological polar surface area (TPSA) is 24.1 Å². The number of hydrogen-bond donors (Lipinski definition) is 2. The van der Waals surface area contributed by atoms with E-state index in [9.17, 15) is 0 Å². The molecule has 0 bridgehead atoms. The van der Waals surface area contributed by atoms with Crippen molar-refractivity contribution < 1.29 is 0 Å². The second-order valence-electron chi connectivity index (χ2n) is 7.46. The Hall–Kier alpha value is -0.310. The molecule has 0 aromatic carbocycles. The van der Waals surface area contributed by atoms with Crippen molar-refractivity contribution in [3.05, 3.63) is 0 Å². The quantitative estimate of drug-likeness (QED) is 0.748. The molecule has 2 nitrogen and oxygen atoms in total. The van der Waals surface area contributed by atoms with Crippen molar-refractivity contribution in [2.45, 2.75) is 85.2 Å². The molecule has 0 aliphatic heterocycles. The monoisotopic (exact) mass is 298 g/mol. The smallest absolute Gasteiger partial charge is 0.166 e. The maximum Gasteiger partial charge on any atom is 0.166 e. The van der Waals surface area contributed by atoms with Crippen molar-refractivity contribution in [2.75, 3.05) is 0 Å². The van der Waals surface area contributed by atoms with Crippen LogP contribution in [-0.2, 0) is 0 Å². The highest BCUT2D eigenvalue weighted by atomic mass is 32.1. The van der Waals surface area contributed by atoms with E-state index in [1.165, 1.54) is 32.1 Å². The van der Waals surface area contributed by atoms with Crippen LogP contribution in [0.4, 0.5) is 0 Å². The van der Waals surface area contributed by atoms with Crippen molar-refractivity contribution in [1.29, 1.82) is 0 Å². The molecule has 1 rings (SSSR count). The maximum atomic E-state index is 5.52. The molecule has 2 unspecified atom stereocenters. The summed E-state index contributed by atoms with van der Waals surface area (Å²) in [7, 11) is 0. The van der Waals surface area contributed by atoms with Crippen LogP contribution in [0.3, 0.4) is 0 Å². The van der Waals surface area contributed by atoms with Crippen LogP contribution < -0.4 is 10.6 Å². The SMILES string of the molecule is CCC1CC(CC)C(NC(=S)NC(C)(C)C)C(CC)C1. The first kappa shape index (κ1) is 17.7. The lowest BCUT2D eigenvalue weighted by Gasteiger charge is -2.43. The molecule has 0 radical (unpaired) electrons. The van der Waals surface area contributed by atoms with Crippen molar-refractivity contribution >= 4 is 17.3 Å². The van der Waals surface area contributed by atoms with E-state index in [0.717, 1.165) is 22.9 Å². The predicted molar refractivity (Wildman–Crippen MR) is 93.0 cm³/mol. The molecule has 1 saturated carbocycles. The number of hydrogen-bond acceptors (Lipinski definition) is 1. The summed E-state index contributed by atoms with van der Waals surface area (Å²) in [5, 5.41) is 7.87. The summed E-state index contributed by atoms with van der Waals surface area (Å²) in [5.41, 5.74) is 0.0358. The van der Waals surface area contributed by atoms with Gasteiger partial charge in [-0.15, -0.1) is 0 Å². The third-order valence-electron chi connectivity index (χ3n) is 4.70. The van der Waals surface area contributed by atoms with Crippen LogP contribution in [0.25, 0.3) is 0 Å². The van der Waals surface area contributed by atoms with Gasteiger partial charge >= 0.3 is 0 Å². The van der Waals surface area contributed by atoms with Gasteiger partial charge in [0.1, 0.15) is 0 Å². The molecule has 1 aliphatic carbocycles. The fourth-order valence-electron chi connectivity index (χ4n) is 3.57. The summed E-state index contributed by atoms with van der Waals surface area (Å²) in [4.78, 5) is 0. The Morgan fingerprint density at radius 1 is 1.00 bits per heavy atom. The molecule has 0 amide bonds. The van der Waals surface area contributed by atoms with Crippen LogP contribution in [0.2, 0.25) is 0 Å². The van der Waals surface area contributed by atoms with E-state index in [4.69, 9.17) is 12.2 Å². The Morgan fingerprint density at radius 2 is 1.50 bits per heavy atom. The van der Waals surface area contributed by atoms with Gasteiger partial charge in [0.2, 0.25) is 0 Å². The van der Waals surface area contributed by atoms with Crippen LogP contribution in [0, 0.1) is 17.8 Å². The molecule has 2 atom stereocenters. The summed E-state index contributed by atoms with van der Waals surface area (Å²) in [6, 6.07) is 0.551. The largest absolute Gasteiger partial charge is 0.359 e. The fraction of sp³-hybridized carbons (Fsp3) is 0.941. The molecule has 2 N–H and O–H groups in total. The van der Waals surface area contributed by atoms with Crippen LogP contribution in [-0.4, -0.2) is 16.7 Å². The highest BCUT2D eigenvalue weighted by Gasteiger charge is 2.35. The fourth-order valence-corrected chi connectivity index (χ4v) is 4.01. The Balaban J connectivity index is 2.71. The Morgan fingerprint density at radius 3 is 1.85 bits per heavy atom. The van der Waals surface area contributed by atoms with E-state index in [-0.39, 0.29) is 5.54 Å². The van der Waals surface area contributed by atoms with Crippen molar-refractivity contribution in [3.63, 3.8) is 0 Å². The van der Waals surface area contributed by atoms with Gasteiger partial charge in [-0.1, -0.05) is 40.0 Å². The lowest BCUT2D eigenvalue weighted by molar-refractivity contribution is 0.136. The van der Waals surface area contributed by atoms with E-state index in [0.29, 0.717) is 6.04 Å². The van der Waals surface area contributed by atoms with Crippen LogP contribution in [0.15, 0.2) is 0 Å². The molecule has 0 spiro atoms. The number of rotatable bonds is 4. The average molecular weight is 299 g/mol. The van der Waals surface area contributed by atoms with Gasteiger partial charge in [0.25, 0.3) is 0 Å². The zero-order chi connectivity index (χ0) is 15.3. The van der Waals surface area contributed by atoms with Gasteiger partial charge in [-0.3, -0.25) is 0 Å². The van der Waals surface area contributed by atoms with E-state index in [1.807, 2.05) is 0 Å². The first-order valence-corrected chi connectivity index (χ1v) is 8.80. The average Bonchev–Trinajstić information content (AvgIpc) is 2.36. The van der Waals surface area contributed by atoms with Crippen LogP contribution >= 0.6 is 12.2 Å². The van der Waals surface area contributed by atoms with Crippen molar-refractivity contribution in [1.82, 2.24) is 10.6 Å².